The van der Waals surface area contributed by atoms with E-state index in [4.69, 9.17) is 9.47 Å². The molecule has 2 heterocycles. The van der Waals surface area contributed by atoms with Crippen LogP contribution in [-0.2, 0) is 19.5 Å². The van der Waals surface area contributed by atoms with E-state index in [-0.39, 0.29) is 25.9 Å². The standard InChI is InChI=1S/C18H21F6NO6S/c19-17(20,21)11-28-13-2-3-14(29-12-18(22,23)24)15(10-13)32(26,27)25-6-4-16(5-7-25)30-8-1-9-31-16/h2-3,10H,1,4-9,11-12H2. The largest absolute Gasteiger partial charge is 0.484 e. The molecule has 0 N–H and O–H groups in total. The van der Waals surface area contributed by atoms with Crippen molar-refractivity contribution in [3.8, 4) is 11.5 Å². The maximum Gasteiger partial charge on any atom is 0.422 e. The summed E-state index contributed by atoms with van der Waals surface area (Å²) >= 11 is 0. The summed E-state index contributed by atoms with van der Waals surface area (Å²) in [7, 11) is -4.42. The number of halogens is 6. The van der Waals surface area contributed by atoms with Crippen molar-refractivity contribution < 1.29 is 53.7 Å². The summed E-state index contributed by atoms with van der Waals surface area (Å²) in [4.78, 5) is -0.720. The van der Waals surface area contributed by atoms with Crippen molar-refractivity contribution >= 4 is 10.0 Å². The Hall–Kier alpha value is -1.77. The number of piperidine rings is 1. The summed E-state index contributed by atoms with van der Waals surface area (Å²) in [5.74, 6) is -2.04. The van der Waals surface area contributed by atoms with Gasteiger partial charge in [-0.2, -0.15) is 30.6 Å². The van der Waals surface area contributed by atoms with Crippen molar-refractivity contribution in [1.29, 1.82) is 0 Å². The fourth-order valence-electron chi connectivity index (χ4n) is 3.34. The van der Waals surface area contributed by atoms with Crippen molar-refractivity contribution in [2.24, 2.45) is 0 Å². The van der Waals surface area contributed by atoms with Crippen LogP contribution in [0, 0.1) is 0 Å². The number of alkyl halides is 6. The molecule has 0 saturated carbocycles. The first-order valence-electron chi connectivity index (χ1n) is 9.61. The lowest BCUT2D eigenvalue weighted by atomic mass is 10.0. The zero-order valence-corrected chi connectivity index (χ0v) is 17.5. The number of ether oxygens (including phenoxy) is 4. The number of hydrogen-bond donors (Lipinski definition) is 0. The average Bonchev–Trinajstić information content (AvgIpc) is 2.71. The highest BCUT2D eigenvalue weighted by molar-refractivity contribution is 7.89. The van der Waals surface area contributed by atoms with Gasteiger partial charge in [-0.1, -0.05) is 0 Å². The lowest BCUT2D eigenvalue weighted by Crippen LogP contribution is -2.51. The van der Waals surface area contributed by atoms with Gasteiger partial charge in [-0.15, -0.1) is 0 Å². The minimum absolute atomic E-state index is 0.0608. The van der Waals surface area contributed by atoms with E-state index in [1.54, 1.807) is 0 Å². The van der Waals surface area contributed by atoms with Gasteiger partial charge in [0.1, 0.15) is 16.4 Å². The molecule has 1 aromatic carbocycles. The van der Waals surface area contributed by atoms with Crippen molar-refractivity contribution in [2.75, 3.05) is 39.5 Å². The molecule has 7 nitrogen and oxygen atoms in total. The first-order valence-corrected chi connectivity index (χ1v) is 11.0. The zero-order chi connectivity index (χ0) is 23.6. The molecule has 3 rings (SSSR count). The number of sulfonamides is 1. The number of hydrogen-bond acceptors (Lipinski definition) is 6. The molecule has 0 radical (unpaired) electrons. The summed E-state index contributed by atoms with van der Waals surface area (Å²) in [6, 6.07) is 2.47. The van der Waals surface area contributed by atoms with Crippen LogP contribution >= 0.6 is 0 Å². The Bertz CT molecular complexity index is 888. The number of nitrogens with zero attached hydrogens (tertiary/aromatic N) is 1. The van der Waals surface area contributed by atoms with E-state index in [0.29, 0.717) is 19.6 Å². The Morgan fingerprint density at radius 3 is 2.06 bits per heavy atom. The molecule has 1 spiro atoms. The Labute approximate surface area is 180 Å². The molecule has 14 heteroatoms. The van der Waals surface area contributed by atoms with E-state index >= 15 is 0 Å². The van der Waals surface area contributed by atoms with Gasteiger partial charge in [0, 0.05) is 32.0 Å². The molecule has 0 aromatic heterocycles. The predicted molar refractivity (Wildman–Crippen MR) is 96.8 cm³/mol. The van der Waals surface area contributed by atoms with Gasteiger partial charge >= 0.3 is 12.4 Å². The van der Waals surface area contributed by atoms with Gasteiger partial charge in [0.05, 0.1) is 13.2 Å². The zero-order valence-electron chi connectivity index (χ0n) is 16.7. The van der Waals surface area contributed by atoms with E-state index in [0.717, 1.165) is 22.5 Å². The summed E-state index contributed by atoms with van der Waals surface area (Å²) in [6.45, 7) is -2.68. The lowest BCUT2D eigenvalue weighted by molar-refractivity contribution is -0.280. The van der Waals surface area contributed by atoms with Crippen LogP contribution in [0.3, 0.4) is 0 Å². The van der Waals surface area contributed by atoms with Crippen molar-refractivity contribution in [1.82, 2.24) is 4.31 Å². The molecule has 2 saturated heterocycles. The summed E-state index contributed by atoms with van der Waals surface area (Å²) < 4.78 is 123. The monoisotopic (exact) mass is 493 g/mol. The molecule has 0 atom stereocenters. The second-order valence-electron chi connectivity index (χ2n) is 7.28. The highest BCUT2D eigenvalue weighted by atomic mass is 32.2. The first-order chi connectivity index (χ1) is 14.8. The minimum atomic E-state index is -4.75. The summed E-state index contributed by atoms with van der Waals surface area (Å²) in [5, 5.41) is 0. The second kappa shape index (κ2) is 9.23. The fraction of sp³-hybridized carbons (Fsp3) is 0.667. The molecular formula is C18H21F6NO6S. The van der Waals surface area contributed by atoms with Gasteiger partial charge in [-0.3, -0.25) is 0 Å². The van der Waals surface area contributed by atoms with E-state index < -0.39 is 57.8 Å². The lowest BCUT2D eigenvalue weighted by Gasteiger charge is -2.42. The van der Waals surface area contributed by atoms with Crippen LogP contribution in [-0.4, -0.2) is 70.4 Å². The molecule has 32 heavy (non-hydrogen) atoms. The van der Waals surface area contributed by atoms with Crippen LogP contribution in [0.2, 0.25) is 0 Å². The highest BCUT2D eigenvalue weighted by Crippen LogP contribution is 2.37. The van der Waals surface area contributed by atoms with Crippen molar-refractivity contribution in [3.05, 3.63) is 18.2 Å². The molecule has 2 aliphatic rings. The molecule has 1 aromatic rings. The van der Waals surface area contributed by atoms with Gasteiger partial charge < -0.3 is 18.9 Å². The molecule has 0 bridgehead atoms. The maximum absolute atomic E-state index is 13.2. The molecule has 0 aliphatic carbocycles. The molecule has 2 fully saturated rings. The summed E-state index contributed by atoms with van der Waals surface area (Å²) in [5.41, 5.74) is 0. The van der Waals surface area contributed by atoms with Crippen LogP contribution in [0.4, 0.5) is 26.3 Å². The third kappa shape index (κ3) is 6.39. The van der Waals surface area contributed by atoms with Crippen LogP contribution < -0.4 is 9.47 Å². The van der Waals surface area contributed by atoms with E-state index in [1.807, 2.05) is 0 Å². The number of benzene rings is 1. The normalized spacial score (nSPS) is 20.3. The molecule has 182 valence electrons. The Morgan fingerprint density at radius 1 is 0.938 bits per heavy atom. The van der Waals surface area contributed by atoms with Crippen LogP contribution in [0.15, 0.2) is 23.1 Å². The Balaban J connectivity index is 1.84. The van der Waals surface area contributed by atoms with E-state index in [1.165, 1.54) is 0 Å². The Kier molecular flexibility index (Phi) is 7.17. The summed E-state index contributed by atoms with van der Waals surface area (Å²) in [6.07, 6.45) is -8.36. The molecule has 2 aliphatic heterocycles. The molecular weight excluding hydrogens is 472 g/mol. The molecule has 0 unspecified atom stereocenters. The van der Waals surface area contributed by atoms with Gasteiger partial charge in [-0.05, 0) is 18.6 Å². The molecule has 0 amide bonds. The number of rotatable bonds is 6. The minimum Gasteiger partial charge on any atom is -0.484 e. The average molecular weight is 493 g/mol. The fourth-order valence-corrected chi connectivity index (χ4v) is 4.92. The Morgan fingerprint density at radius 2 is 1.50 bits per heavy atom. The highest BCUT2D eigenvalue weighted by Gasteiger charge is 2.42. The third-order valence-electron chi connectivity index (χ3n) is 4.83. The van der Waals surface area contributed by atoms with Gasteiger partial charge in [0.25, 0.3) is 0 Å². The van der Waals surface area contributed by atoms with E-state index in [2.05, 4.69) is 9.47 Å². The first kappa shape index (κ1) is 24.9. The quantitative estimate of drug-likeness (QED) is 0.565. The maximum atomic E-state index is 13.2. The van der Waals surface area contributed by atoms with Gasteiger partial charge in [0.2, 0.25) is 10.0 Å². The topological polar surface area (TPSA) is 74.3 Å². The third-order valence-corrected chi connectivity index (χ3v) is 6.75. The SMILES string of the molecule is O=S(=O)(c1cc(OCC(F)(F)F)ccc1OCC(F)(F)F)N1CCC2(CC1)OCCCO2. The van der Waals surface area contributed by atoms with Gasteiger partial charge in [0.15, 0.2) is 19.0 Å². The van der Waals surface area contributed by atoms with Crippen LogP contribution in [0.1, 0.15) is 19.3 Å². The van der Waals surface area contributed by atoms with Crippen LogP contribution in [0.5, 0.6) is 11.5 Å². The van der Waals surface area contributed by atoms with Crippen molar-refractivity contribution in [2.45, 2.75) is 42.3 Å². The van der Waals surface area contributed by atoms with Gasteiger partial charge in [-0.25, -0.2) is 8.42 Å². The van der Waals surface area contributed by atoms with E-state index in [9.17, 15) is 34.8 Å². The predicted octanol–water partition coefficient (Wildman–Crippen LogP) is 3.49. The van der Waals surface area contributed by atoms with Crippen LogP contribution in [0.25, 0.3) is 0 Å². The van der Waals surface area contributed by atoms with Crippen molar-refractivity contribution in [3.63, 3.8) is 0 Å². The smallest absolute Gasteiger partial charge is 0.422 e. The second-order valence-corrected chi connectivity index (χ2v) is 9.19.